The van der Waals surface area contributed by atoms with Crippen LogP contribution in [-0.4, -0.2) is 37.2 Å². The van der Waals surface area contributed by atoms with Crippen LogP contribution in [0.25, 0.3) is 0 Å². The molecule has 0 fully saturated rings. The first-order chi connectivity index (χ1) is 11.6. The molecule has 0 unspecified atom stereocenters. The molecule has 0 heterocycles. The molecule has 0 radical (unpaired) electrons. The number of hydrogen-bond acceptors (Lipinski definition) is 3. The van der Waals surface area contributed by atoms with Gasteiger partial charge in [-0.2, -0.15) is 0 Å². The molecule has 0 aromatic heterocycles. The van der Waals surface area contributed by atoms with E-state index in [4.69, 9.17) is 11.6 Å². The van der Waals surface area contributed by atoms with Crippen LogP contribution in [0.15, 0.2) is 53.4 Å². The van der Waals surface area contributed by atoms with E-state index in [-0.39, 0.29) is 5.91 Å². The Morgan fingerprint density at radius 2 is 1.71 bits per heavy atom. The Morgan fingerprint density at radius 3 is 2.33 bits per heavy atom. The normalized spacial score (nSPS) is 10.8. The number of nitrogens with zero attached hydrogens (tertiary/aromatic N) is 1. The average Bonchev–Trinajstić information content (AvgIpc) is 2.57. The Morgan fingerprint density at radius 1 is 1.08 bits per heavy atom. The molecule has 0 aliphatic carbocycles. The minimum Gasteiger partial charge on any atom is -0.355 e. The van der Waals surface area contributed by atoms with Gasteiger partial charge in [0.1, 0.15) is 0 Å². The summed E-state index contributed by atoms with van der Waals surface area (Å²) in [4.78, 5) is 15.3. The molecule has 2 aromatic carbocycles. The van der Waals surface area contributed by atoms with Gasteiger partial charge in [0.15, 0.2) is 0 Å². The SMILES string of the molecule is CSc1ccc(CN(C)CC(=O)NCCc2ccc(Cl)cc2)cc1. The molecule has 0 aliphatic heterocycles. The summed E-state index contributed by atoms with van der Waals surface area (Å²) in [5.74, 6) is 0.0483. The number of amides is 1. The number of carbonyl (C=O) groups excluding carboxylic acids is 1. The number of carbonyl (C=O) groups is 1. The summed E-state index contributed by atoms with van der Waals surface area (Å²) < 4.78 is 0. The van der Waals surface area contributed by atoms with E-state index < -0.39 is 0 Å². The average molecular weight is 363 g/mol. The van der Waals surface area contributed by atoms with Crippen molar-refractivity contribution in [1.82, 2.24) is 10.2 Å². The lowest BCUT2D eigenvalue weighted by molar-refractivity contribution is -0.122. The standard InChI is InChI=1S/C19H23ClN2OS/c1-22(13-16-5-9-18(24-2)10-6-16)14-19(23)21-12-11-15-3-7-17(20)8-4-15/h3-10H,11-14H2,1-2H3,(H,21,23). The minimum absolute atomic E-state index is 0.0483. The molecule has 1 N–H and O–H groups in total. The van der Waals surface area contributed by atoms with Gasteiger partial charge >= 0.3 is 0 Å². The summed E-state index contributed by atoms with van der Waals surface area (Å²) in [7, 11) is 1.96. The molecule has 0 saturated heterocycles. The minimum atomic E-state index is 0.0483. The van der Waals surface area contributed by atoms with Gasteiger partial charge in [-0.25, -0.2) is 0 Å². The van der Waals surface area contributed by atoms with Gasteiger partial charge in [0.25, 0.3) is 0 Å². The second-order valence-electron chi connectivity index (χ2n) is 5.75. The Kier molecular flexibility index (Phi) is 7.63. The Bertz CT molecular complexity index is 643. The van der Waals surface area contributed by atoms with Crippen molar-refractivity contribution in [2.24, 2.45) is 0 Å². The van der Waals surface area contributed by atoms with Gasteiger partial charge in [0.2, 0.25) is 5.91 Å². The summed E-state index contributed by atoms with van der Waals surface area (Å²) in [5, 5.41) is 3.70. The smallest absolute Gasteiger partial charge is 0.234 e. The molecule has 5 heteroatoms. The molecule has 0 spiro atoms. The summed E-state index contributed by atoms with van der Waals surface area (Å²) in [5.41, 5.74) is 2.38. The zero-order valence-electron chi connectivity index (χ0n) is 14.1. The third-order valence-corrected chi connectivity index (χ3v) is 4.67. The molecule has 0 atom stereocenters. The van der Waals surface area contributed by atoms with Gasteiger partial charge in [0, 0.05) is 23.0 Å². The largest absolute Gasteiger partial charge is 0.355 e. The predicted octanol–water partition coefficient (Wildman–Crippen LogP) is 3.85. The maximum Gasteiger partial charge on any atom is 0.234 e. The molecule has 2 rings (SSSR count). The van der Waals surface area contributed by atoms with Crippen molar-refractivity contribution < 1.29 is 4.79 Å². The molecule has 2 aromatic rings. The molecular weight excluding hydrogens is 340 g/mol. The summed E-state index contributed by atoms with van der Waals surface area (Å²) >= 11 is 7.59. The topological polar surface area (TPSA) is 32.3 Å². The van der Waals surface area contributed by atoms with Gasteiger partial charge < -0.3 is 5.32 Å². The Labute approximate surface area is 153 Å². The van der Waals surface area contributed by atoms with E-state index in [1.54, 1.807) is 11.8 Å². The van der Waals surface area contributed by atoms with Crippen LogP contribution >= 0.6 is 23.4 Å². The second kappa shape index (κ2) is 9.72. The van der Waals surface area contributed by atoms with Crippen LogP contribution in [0.1, 0.15) is 11.1 Å². The number of likely N-dealkylation sites (N-methyl/N-ethyl adjacent to an activating group) is 1. The molecule has 24 heavy (non-hydrogen) atoms. The Hall–Kier alpha value is -1.49. The van der Waals surface area contributed by atoms with Crippen molar-refractivity contribution in [1.29, 1.82) is 0 Å². The summed E-state index contributed by atoms with van der Waals surface area (Å²) in [6.45, 7) is 1.79. The number of rotatable bonds is 8. The lowest BCUT2D eigenvalue weighted by Gasteiger charge is -2.16. The fourth-order valence-corrected chi connectivity index (χ4v) is 2.93. The monoisotopic (exact) mass is 362 g/mol. The number of benzene rings is 2. The van der Waals surface area contributed by atoms with E-state index in [0.717, 1.165) is 18.0 Å². The van der Waals surface area contributed by atoms with Crippen LogP contribution in [0, 0.1) is 0 Å². The third-order valence-electron chi connectivity index (χ3n) is 3.67. The number of nitrogens with one attached hydrogen (secondary N) is 1. The van der Waals surface area contributed by atoms with Gasteiger partial charge in [-0.1, -0.05) is 35.9 Å². The molecule has 0 saturated carbocycles. The lowest BCUT2D eigenvalue weighted by atomic mass is 10.1. The predicted molar refractivity (Wildman–Crippen MR) is 103 cm³/mol. The van der Waals surface area contributed by atoms with E-state index in [9.17, 15) is 4.79 Å². The molecule has 128 valence electrons. The van der Waals surface area contributed by atoms with Gasteiger partial charge in [-0.05, 0) is 55.1 Å². The van der Waals surface area contributed by atoms with Crippen LogP contribution < -0.4 is 5.32 Å². The van der Waals surface area contributed by atoms with Crippen molar-refractivity contribution in [2.75, 3.05) is 26.4 Å². The number of hydrogen-bond donors (Lipinski definition) is 1. The van der Waals surface area contributed by atoms with Crippen molar-refractivity contribution in [2.45, 2.75) is 17.9 Å². The molecule has 0 bridgehead atoms. The number of thioether (sulfide) groups is 1. The highest BCUT2D eigenvalue weighted by Gasteiger charge is 2.07. The van der Waals surface area contributed by atoms with E-state index in [1.807, 2.05) is 36.2 Å². The van der Waals surface area contributed by atoms with E-state index in [0.29, 0.717) is 13.1 Å². The van der Waals surface area contributed by atoms with Crippen molar-refractivity contribution in [3.63, 3.8) is 0 Å². The second-order valence-corrected chi connectivity index (χ2v) is 7.06. The molecule has 0 aliphatic rings. The maximum absolute atomic E-state index is 12.0. The first kappa shape index (κ1) is 18.8. The summed E-state index contributed by atoms with van der Waals surface area (Å²) in [6.07, 6.45) is 2.87. The third kappa shape index (κ3) is 6.56. The fraction of sp³-hybridized carbons (Fsp3) is 0.316. The van der Waals surface area contributed by atoms with Crippen LogP contribution in [0.4, 0.5) is 0 Å². The van der Waals surface area contributed by atoms with E-state index >= 15 is 0 Å². The highest BCUT2D eigenvalue weighted by Crippen LogP contribution is 2.15. The quantitative estimate of drug-likeness (QED) is 0.724. The highest BCUT2D eigenvalue weighted by molar-refractivity contribution is 7.98. The van der Waals surface area contributed by atoms with Crippen molar-refractivity contribution in [3.8, 4) is 0 Å². The molecule has 3 nitrogen and oxygen atoms in total. The fourth-order valence-electron chi connectivity index (χ4n) is 2.40. The zero-order valence-corrected chi connectivity index (χ0v) is 15.7. The molecule has 1 amide bonds. The van der Waals surface area contributed by atoms with E-state index in [2.05, 4.69) is 35.8 Å². The van der Waals surface area contributed by atoms with Crippen LogP contribution in [0.5, 0.6) is 0 Å². The first-order valence-corrected chi connectivity index (χ1v) is 9.49. The van der Waals surface area contributed by atoms with Crippen LogP contribution in [0.2, 0.25) is 5.02 Å². The Balaban J connectivity index is 1.69. The van der Waals surface area contributed by atoms with Gasteiger partial charge in [-0.3, -0.25) is 9.69 Å². The van der Waals surface area contributed by atoms with E-state index in [1.165, 1.54) is 16.0 Å². The van der Waals surface area contributed by atoms with Gasteiger partial charge in [-0.15, -0.1) is 11.8 Å². The lowest BCUT2D eigenvalue weighted by Crippen LogP contribution is -2.35. The number of halogens is 1. The summed E-state index contributed by atoms with van der Waals surface area (Å²) in [6, 6.07) is 16.2. The van der Waals surface area contributed by atoms with Crippen molar-refractivity contribution >= 4 is 29.3 Å². The first-order valence-electron chi connectivity index (χ1n) is 7.89. The highest BCUT2D eigenvalue weighted by atomic mass is 35.5. The van der Waals surface area contributed by atoms with Crippen LogP contribution in [-0.2, 0) is 17.8 Å². The van der Waals surface area contributed by atoms with Crippen LogP contribution in [0.3, 0.4) is 0 Å². The van der Waals surface area contributed by atoms with Gasteiger partial charge in [0.05, 0.1) is 6.54 Å². The van der Waals surface area contributed by atoms with Crippen molar-refractivity contribution in [3.05, 3.63) is 64.7 Å². The zero-order chi connectivity index (χ0) is 17.4. The molecular formula is C19H23ClN2OS. The maximum atomic E-state index is 12.0.